The number of nitrogens with zero attached hydrogens (tertiary/aromatic N) is 2. The van der Waals surface area contributed by atoms with Crippen molar-refractivity contribution in [1.29, 1.82) is 0 Å². The summed E-state index contributed by atoms with van der Waals surface area (Å²) in [6.07, 6.45) is 7.28. The van der Waals surface area contributed by atoms with Crippen molar-refractivity contribution in [2.45, 2.75) is 25.7 Å². The minimum atomic E-state index is 0.740. The number of pyridine rings is 1. The molecular formula is C17H24N4. The summed E-state index contributed by atoms with van der Waals surface area (Å²) in [5.74, 6) is 0. The van der Waals surface area contributed by atoms with Gasteiger partial charge >= 0.3 is 0 Å². The fraction of sp³-hybridized carbons (Fsp3) is 0.471. The summed E-state index contributed by atoms with van der Waals surface area (Å²) in [5, 5.41) is 4.65. The first kappa shape index (κ1) is 14.1. The van der Waals surface area contributed by atoms with E-state index in [1.54, 1.807) is 0 Å². The molecule has 0 amide bonds. The molecule has 0 bridgehead atoms. The molecule has 4 nitrogen and oxygen atoms in total. The fourth-order valence-electron chi connectivity index (χ4n) is 3.06. The molecule has 0 saturated carbocycles. The van der Waals surface area contributed by atoms with Crippen LogP contribution in [0.3, 0.4) is 0 Å². The first-order chi connectivity index (χ1) is 10.3. The molecule has 1 aliphatic heterocycles. The predicted octanol–water partition coefficient (Wildman–Crippen LogP) is 3.10. The lowest BCUT2D eigenvalue weighted by Crippen LogP contribution is -2.30. The van der Waals surface area contributed by atoms with Crippen LogP contribution in [-0.4, -0.2) is 36.1 Å². The Hall–Kier alpha value is -1.81. The number of rotatable bonds is 4. The molecule has 3 N–H and O–H groups in total. The lowest BCUT2D eigenvalue weighted by molar-refractivity contribution is 0.296. The number of para-hydroxylation sites is 1. The molecule has 0 radical (unpaired) electrons. The van der Waals surface area contributed by atoms with E-state index in [9.17, 15) is 0 Å². The molecule has 2 heterocycles. The Morgan fingerprint density at radius 3 is 2.71 bits per heavy atom. The highest BCUT2D eigenvalue weighted by molar-refractivity contribution is 5.97. The Morgan fingerprint density at radius 1 is 1.10 bits per heavy atom. The maximum absolute atomic E-state index is 5.99. The van der Waals surface area contributed by atoms with Crippen molar-refractivity contribution >= 4 is 22.3 Å². The average Bonchev–Trinajstić information content (AvgIpc) is 2.77. The van der Waals surface area contributed by atoms with E-state index in [-0.39, 0.29) is 0 Å². The number of fused-ring (bicyclic) bond motifs is 1. The monoisotopic (exact) mass is 284 g/mol. The van der Waals surface area contributed by atoms with E-state index < -0.39 is 0 Å². The molecule has 1 saturated heterocycles. The number of likely N-dealkylation sites (tertiary alicyclic amines) is 1. The second-order valence-electron chi connectivity index (χ2n) is 5.78. The fourth-order valence-corrected chi connectivity index (χ4v) is 3.06. The van der Waals surface area contributed by atoms with E-state index in [0.29, 0.717) is 0 Å². The summed E-state index contributed by atoms with van der Waals surface area (Å²) in [5.41, 5.74) is 8.74. The van der Waals surface area contributed by atoms with Crippen LogP contribution >= 0.6 is 0 Å². The standard InChI is InChI=1S/C17H24N4/c18-15-7-5-6-14-16(8-9-20-17(14)15)19-10-13-21-11-3-1-2-4-12-21/h5-9H,1-4,10-13,18H2,(H,19,20). The molecule has 3 rings (SSSR count). The summed E-state index contributed by atoms with van der Waals surface area (Å²) >= 11 is 0. The molecular weight excluding hydrogens is 260 g/mol. The van der Waals surface area contributed by atoms with Crippen molar-refractivity contribution in [3.05, 3.63) is 30.5 Å². The third kappa shape index (κ3) is 3.45. The number of aromatic nitrogens is 1. The number of hydrogen-bond donors (Lipinski definition) is 2. The predicted molar refractivity (Wildman–Crippen MR) is 89.6 cm³/mol. The van der Waals surface area contributed by atoms with Gasteiger partial charge in [0, 0.05) is 30.4 Å². The maximum Gasteiger partial charge on any atom is 0.0951 e. The molecule has 1 aromatic carbocycles. The van der Waals surface area contributed by atoms with Gasteiger partial charge in [-0.2, -0.15) is 0 Å². The molecule has 4 heteroatoms. The molecule has 2 aromatic rings. The highest BCUT2D eigenvalue weighted by Gasteiger charge is 2.09. The quantitative estimate of drug-likeness (QED) is 0.847. The summed E-state index contributed by atoms with van der Waals surface area (Å²) in [6.45, 7) is 4.55. The highest BCUT2D eigenvalue weighted by atomic mass is 15.1. The van der Waals surface area contributed by atoms with E-state index in [2.05, 4.69) is 21.3 Å². The van der Waals surface area contributed by atoms with Crippen LogP contribution in [0.4, 0.5) is 11.4 Å². The Morgan fingerprint density at radius 2 is 1.90 bits per heavy atom. The van der Waals surface area contributed by atoms with Crippen LogP contribution in [0.5, 0.6) is 0 Å². The second-order valence-corrected chi connectivity index (χ2v) is 5.78. The summed E-state index contributed by atoms with van der Waals surface area (Å²) in [4.78, 5) is 6.94. The van der Waals surface area contributed by atoms with Crippen molar-refractivity contribution in [2.75, 3.05) is 37.2 Å². The summed E-state index contributed by atoms with van der Waals surface area (Å²) < 4.78 is 0. The van der Waals surface area contributed by atoms with Crippen LogP contribution < -0.4 is 11.1 Å². The number of nitrogens with two attached hydrogens (primary N) is 1. The molecule has 1 aromatic heterocycles. The maximum atomic E-state index is 5.99. The molecule has 0 atom stereocenters. The zero-order valence-electron chi connectivity index (χ0n) is 12.5. The third-order valence-corrected chi connectivity index (χ3v) is 4.24. The molecule has 1 aliphatic rings. The van der Waals surface area contributed by atoms with Crippen LogP contribution in [0.15, 0.2) is 30.5 Å². The normalized spacial score (nSPS) is 16.8. The van der Waals surface area contributed by atoms with Gasteiger partial charge in [-0.1, -0.05) is 25.0 Å². The van der Waals surface area contributed by atoms with Crippen LogP contribution in [0.1, 0.15) is 25.7 Å². The molecule has 0 unspecified atom stereocenters. The van der Waals surface area contributed by atoms with Gasteiger partial charge in [-0.3, -0.25) is 4.98 Å². The molecule has 1 fully saturated rings. The zero-order valence-corrected chi connectivity index (χ0v) is 12.5. The molecule has 0 spiro atoms. The number of nitrogen functional groups attached to an aromatic ring is 1. The Kier molecular flexibility index (Phi) is 4.55. The second kappa shape index (κ2) is 6.76. The largest absolute Gasteiger partial charge is 0.397 e. The van der Waals surface area contributed by atoms with E-state index in [1.807, 2.05) is 24.4 Å². The number of hydrogen-bond acceptors (Lipinski definition) is 4. The van der Waals surface area contributed by atoms with Gasteiger partial charge in [0.25, 0.3) is 0 Å². The van der Waals surface area contributed by atoms with Crippen molar-refractivity contribution in [1.82, 2.24) is 9.88 Å². The first-order valence-corrected chi connectivity index (χ1v) is 7.94. The van der Waals surface area contributed by atoms with Crippen LogP contribution in [0, 0.1) is 0 Å². The van der Waals surface area contributed by atoms with Crippen molar-refractivity contribution in [3.63, 3.8) is 0 Å². The SMILES string of the molecule is Nc1cccc2c(NCCN3CCCCCC3)ccnc12. The average molecular weight is 284 g/mol. The third-order valence-electron chi connectivity index (χ3n) is 4.24. The van der Waals surface area contributed by atoms with Crippen molar-refractivity contribution in [3.8, 4) is 0 Å². The van der Waals surface area contributed by atoms with Crippen LogP contribution in [-0.2, 0) is 0 Å². The number of benzene rings is 1. The molecule has 0 aliphatic carbocycles. The summed E-state index contributed by atoms with van der Waals surface area (Å²) in [7, 11) is 0. The van der Waals surface area contributed by atoms with Crippen molar-refractivity contribution < 1.29 is 0 Å². The molecule has 21 heavy (non-hydrogen) atoms. The van der Waals surface area contributed by atoms with Gasteiger partial charge in [-0.25, -0.2) is 0 Å². The highest BCUT2D eigenvalue weighted by Crippen LogP contribution is 2.25. The minimum absolute atomic E-state index is 0.740. The van der Waals surface area contributed by atoms with Gasteiger partial charge in [-0.05, 0) is 38.1 Å². The van der Waals surface area contributed by atoms with Crippen LogP contribution in [0.2, 0.25) is 0 Å². The Balaban J connectivity index is 1.64. The lowest BCUT2D eigenvalue weighted by atomic mass is 10.1. The van der Waals surface area contributed by atoms with Crippen molar-refractivity contribution in [2.24, 2.45) is 0 Å². The van der Waals surface area contributed by atoms with E-state index >= 15 is 0 Å². The van der Waals surface area contributed by atoms with E-state index in [1.165, 1.54) is 38.8 Å². The first-order valence-electron chi connectivity index (χ1n) is 7.94. The number of anilines is 2. The Bertz CT molecular complexity index is 588. The van der Waals surface area contributed by atoms with Gasteiger partial charge in [0.1, 0.15) is 0 Å². The number of nitrogens with one attached hydrogen (secondary N) is 1. The van der Waals surface area contributed by atoms with Gasteiger partial charge < -0.3 is 16.0 Å². The molecule has 112 valence electrons. The zero-order chi connectivity index (χ0) is 14.5. The van der Waals surface area contributed by atoms with Gasteiger partial charge in [0.05, 0.1) is 11.2 Å². The Labute approximate surface area is 126 Å². The lowest BCUT2D eigenvalue weighted by Gasteiger charge is -2.20. The van der Waals surface area contributed by atoms with E-state index in [0.717, 1.165) is 35.4 Å². The van der Waals surface area contributed by atoms with E-state index in [4.69, 9.17) is 5.73 Å². The van der Waals surface area contributed by atoms with Gasteiger partial charge in [0.15, 0.2) is 0 Å². The minimum Gasteiger partial charge on any atom is -0.397 e. The summed E-state index contributed by atoms with van der Waals surface area (Å²) in [6, 6.07) is 7.99. The topological polar surface area (TPSA) is 54.2 Å². The smallest absolute Gasteiger partial charge is 0.0951 e. The van der Waals surface area contributed by atoms with Gasteiger partial charge in [0.2, 0.25) is 0 Å². The van der Waals surface area contributed by atoms with Gasteiger partial charge in [-0.15, -0.1) is 0 Å². The van der Waals surface area contributed by atoms with Crippen LogP contribution in [0.25, 0.3) is 10.9 Å².